The summed E-state index contributed by atoms with van der Waals surface area (Å²) in [5.41, 5.74) is 2.79. The topological polar surface area (TPSA) is 105 Å². The van der Waals surface area contributed by atoms with Crippen LogP contribution in [0.5, 0.6) is 0 Å². The van der Waals surface area contributed by atoms with E-state index < -0.39 is 5.82 Å². The van der Waals surface area contributed by atoms with Crippen LogP contribution in [0.4, 0.5) is 32.3 Å². The van der Waals surface area contributed by atoms with E-state index in [1.807, 2.05) is 24.3 Å². The van der Waals surface area contributed by atoms with E-state index in [4.69, 9.17) is 5.26 Å². The molecular formula is C26H22FN7O2. The molecule has 180 valence electrons. The third-order valence-corrected chi connectivity index (χ3v) is 6.41. The lowest BCUT2D eigenvalue weighted by Crippen LogP contribution is -2.49. The summed E-state index contributed by atoms with van der Waals surface area (Å²) in [6, 6.07) is 13.0. The number of anilines is 4. The van der Waals surface area contributed by atoms with Crippen LogP contribution < -0.4 is 15.1 Å². The SMILES string of the molecule is C=CC(=O)N1CCC(N2Cc3cnc(Nc4ccc(F)c(C#N)c4)nc3N(C)C2=O)c2ccccc21. The Labute approximate surface area is 207 Å². The van der Waals surface area contributed by atoms with Crippen molar-refractivity contribution in [3.05, 3.63) is 83.8 Å². The normalized spacial score (nSPS) is 16.6. The van der Waals surface area contributed by atoms with Gasteiger partial charge in [-0.3, -0.25) is 9.69 Å². The number of nitrogens with one attached hydrogen (secondary N) is 1. The predicted octanol–water partition coefficient (Wildman–Crippen LogP) is 4.27. The van der Waals surface area contributed by atoms with Crippen LogP contribution in [0, 0.1) is 17.1 Å². The maximum absolute atomic E-state index is 13.6. The van der Waals surface area contributed by atoms with Crippen molar-refractivity contribution in [3.63, 3.8) is 0 Å². The van der Waals surface area contributed by atoms with Gasteiger partial charge in [-0.05, 0) is 42.3 Å². The molecule has 0 spiro atoms. The average molecular weight is 484 g/mol. The second-order valence-electron chi connectivity index (χ2n) is 8.50. The fourth-order valence-corrected chi connectivity index (χ4v) is 4.66. The molecule has 0 aliphatic carbocycles. The zero-order valence-electron chi connectivity index (χ0n) is 19.5. The first-order valence-corrected chi connectivity index (χ1v) is 11.3. The number of nitrogens with zero attached hydrogens (tertiary/aromatic N) is 6. The molecule has 1 atom stereocenters. The van der Waals surface area contributed by atoms with Gasteiger partial charge < -0.3 is 15.1 Å². The van der Waals surface area contributed by atoms with Crippen LogP contribution in [0.15, 0.2) is 61.3 Å². The highest BCUT2D eigenvalue weighted by atomic mass is 19.1. The van der Waals surface area contributed by atoms with Gasteiger partial charge in [-0.15, -0.1) is 0 Å². The highest BCUT2D eigenvalue weighted by molar-refractivity contribution is 6.02. The Morgan fingerprint density at radius 2 is 2.11 bits per heavy atom. The van der Waals surface area contributed by atoms with Crippen LogP contribution in [-0.2, 0) is 11.3 Å². The van der Waals surface area contributed by atoms with E-state index in [1.54, 1.807) is 29.1 Å². The quantitative estimate of drug-likeness (QED) is 0.556. The van der Waals surface area contributed by atoms with Gasteiger partial charge in [-0.2, -0.15) is 10.2 Å². The Morgan fingerprint density at radius 1 is 1.31 bits per heavy atom. The molecule has 5 rings (SSSR count). The summed E-state index contributed by atoms with van der Waals surface area (Å²) in [6.07, 6.45) is 3.53. The molecule has 0 radical (unpaired) electrons. The minimum absolute atomic E-state index is 0.0954. The number of nitriles is 1. The Hall–Kier alpha value is -4.78. The molecular weight excluding hydrogens is 461 g/mol. The summed E-state index contributed by atoms with van der Waals surface area (Å²) in [5.74, 6) is -0.103. The van der Waals surface area contributed by atoms with Crippen molar-refractivity contribution in [2.75, 3.05) is 28.7 Å². The van der Waals surface area contributed by atoms with Crippen molar-refractivity contribution >= 4 is 35.1 Å². The van der Waals surface area contributed by atoms with Crippen molar-refractivity contribution in [1.82, 2.24) is 14.9 Å². The number of rotatable bonds is 4. The number of hydrogen-bond acceptors (Lipinski definition) is 6. The van der Waals surface area contributed by atoms with Gasteiger partial charge in [0, 0.05) is 36.7 Å². The van der Waals surface area contributed by atoms with E-state index in [1.165, 1.54) is 29.2 Å². The van der Waals surface area contributed by atoms with Gasteiger partial charge in [0.1, 0.15) is 17.7 Å². The zero-order chi connectivity index (χ0) is 25.4. The molecule has 36 heavy (non-hydrogen) atoms. The van der Waals surface area contributed by atoms with Crippen LogP contribution in [-0.4, -0.2) is 40.4 Å². The van der Waals surface area contributed by atoms with Gasteiger partial charge in [0.25, 0.3) is 0 Å². The summed E-state index contributed by atoms with van der Waals surface area (Å²) < 4.78 is 13.6. The largest absolute Gasteiger partial charge is 0.326 e. The summed E-state index contributed by atoms with van der Waals surface area (Å²) in [6.45, 7) is 4.37. The molecule has 10 heteroatoms. The lowest BCUT2D eigenvalue weighted by atomic mass is 9.94. The number of hydrogen-bond donors (Lipinski definition) is 1. The van der Waals surface area contributed by atoms with Gasteiger partial charge in [-0.1, -0.05) is 24.8 Å². The van der Waals surface area contributed by atoms with E-state index in [-0.39, 0.29) is 29.5 Å². The van der Waals surface area contributed by atoms with Gasteiger partial charge in [0.05, 0.1) is 18.2 Å². The molecule has 2 aromatic carbocycles. The molecule has 1 N–H and O–H groups in total. The second kappa shape index (κ2) is 9.11. The number of carbonyl (C=O) groups excluding carboxylic acids is 2. The minimum Gasteiger partial charge on any atom is -0.324 e. The first-order chi connectivity index (χ1) is 17.4. The van der Waals surface area contributed by atoms with E-state index in [0.29, 0.717) is 31.0 Å². The van der Waals surface area contributed by atoms with Gasteiger partial charge in [-0.25, -0.2) is 14.2 Å². The highest BCUT2D eigenvalue weighted by Gasteiger charge is 2.38. The summed E-state index contributed by atoms with van der Waals surface area (Å²) in [7, 11) is 1.65. The molecule has 1 aromatic heterocycles. The van der Waals surface area contributed by atoms with Gasteiger partial charge in [0.15, 0.2) is 0 Å². The molecule has 9 nitrogen and oxygen atoms in total. The molecule has 1 unspecified atom stereocenters. The number of halogens is 1. The number of urea groups is 1. The lowest BCUT2D eigenvalue weighted by Gasteiger charge is -2.43. The molecule has 2 aliphatic heterocycles. The zero-order valence-corrected chi connectivity index (χ0v) is 19.5. The van der Waals surface area contributed by atoms with Gasteiger partial charge in [0.2, 0.25) is 11.9 Å². The van der Waals surface area contributed by atoms with Crippen molar-refractivity contribution in [2.45, 2.75) is 19.0 Å². The number of para-hydroxylation sites is 1. The third kappa shape index (κ3) is 3.90. The number of carbonyl (C=O) groups is 2. The highest BCUT2D eigenvalue weighted by Crippen LogP contribution is 2.41. The smallest absolute Gasteiger partial charge is 0.324 e. The van der Waals surface area contributed by atoms with Crippen molar-refractivity contribution in [3.8, 4) is 6.07 Å². The standard InChI is InChI=1S/C26H22FN7O2/c1-3-23(35)33-11-10-22(19-6-4-5-7-21(19)33)34-15-17-14-29-25(31-24(17)32(2)26(34)36)30-18-8-9-20(27)16(12-18)13-28/h3-9,12,14,22H,1,10-11,15H2,2H3,(H,29,30,31). The van der Waals surface area contributed by atoms with Crippen LogP contribution >= 0.6 is 0 Å². The van der Waals surface area contributed by atoms with Crippen LogP contribution in [0.2, 0.25) is 0 Å². The van der Waals surface area contributed by atoms with Crippen LogP contribution in [0.1, 0.15) is 29.2 Å². The number of benzene rings is 2. The summed E-state index contributed by atoms with van der Waals surface area (Å²) in [4.78, 5) is 39.6. The Kier molecular flexibility index (Phi) is 5.82. The van der Waals surface area contributed by atoms with E-state index >= 15 is 0 Å². The predicted molar refractivity (Wildman–Crippen MR) is 132 cm³/mol. The summed E-state index contributed by atoms with van der Waals surface area (Å²) in [5, 5.41) is 12.0. The fourth-order valence-electron chi connectivity index (χ4n) is 4.66. The Morgan fingerprint density at radius 3 is 2.89 bits per heavy atom. The molecule has 3 aromatic rings. The first-order valence-electron chi connectivity index (χ1n) is 11.3. The van der Waals surface area contributed by atoms with E-state index in [9.17, 15) is 14.0 Å². The van der Waals surface area contributed by atoms with Crippen LogP contribution in [0.3, 0.4) is 0 Å². The molecule has 0 saturated carbocycles. The fraction of sp³-hybridized carbons (Fsp3) is 0.192. The second-order valence-corrected chi connectivity index (χ2v) is 8.50. The lowest BCUT2D eigenvalue weighted by molar-refractivity contribution is -0.114. The molecule has 3 heterocycles. The van der Waals surface area contributed by atoms with Crippen molar-refractivity contribution < 1.29 is 14.0 Å². The summed E-state index contributed by atoms with van der Waals surface area (Å²) >= 11 is 0. The van der Waals surface area contributed by atoms with Crippen molar-refractivity contribution in [1.29, 1.82) is 5.26 Å². The first kappa shape index (κ1) is 23.0. The molecule has 0 bridgehead atoms. The van der Waals surface area contributed by atoms with Gasteiger partial charge >= 0.3 is 6.03 Å². The van der Waals surface area contributed by atoms with Crippen LogP contribution in [0.25, 0.3) is 0 Å². The number of fused-ring (bicyclic) bond motifs is 2. The minimum atomic E-state index is -0.610. The molecule has 0 fully saturated rings. The maximum atomic E-state index is 13.6. The molecule has 0 saturated heterocycles. The monoisotopic (exact) mass is 483 g/mol. The third-order valence-electron chi connectivity index (χ3n) is 6.41. The number of aromatic nitrogens is 2. The maximum Gasteiger partial charge on any atom is 0.326 e. The van der Waals surface area contributed by atoms with Crippen molar-refractivity contribution in [2.24, 2.45) is 0 Å². The Balaban J connectivity index is 1.43. The van der Waals surface area contributed by atoms with E-state index in [2.05, 4.69) is 21.9 Å². The Bertz CT molecular complexity index is 1430. The molecule has 2 aliphatic rings. The average Bonchev–Trinajstić information content (AvgIpc) is 2.91. The number of amides is 3. The molecule has 3 amide bonds. The van der Waals surface area contributed by atoms with E-state index in [0.717, 1.165) is 16.8 Å².